The molecule has 1 N–H and O–H groups in total. The maximum Gasteiger partial charge on any atom is 0.180 e. The highest BCUT2D eigenvalue weighted by atomic mass is 32.2. The van der Waals surface area contributed by atoms with Crippen LogP contribution in [0.25, 0.3) is 0 Å². The molecule has 0 saturated carbocycles. The lowest BCUT2D eigenvalue weighted by molar-refractivity contribution is 0.310. The van der Waals surface area contributed by atoms with Crippen molar-refractivity contribution in [3.8, 4) is 5.75 Å². The first-order valence-electron chi connectivity index (χ1n) is 7.01. The Bertz CT molecular complexity index is 515. The molecule has 0 radical (unpaired) electrons. The lowest BCUT2D eigenvalue weighted by Crippen LogP contribution is -2.25. The van der Waals surface area contributed by atoms with Gasteiger partial charge in [0.15, 0.2) is 9.84 Å². The molecule has 0 spiro atoms. The zero-order valence-corrected chi connectivity index (χ0v) is 13.5. The first-order valence-corrected chi connectivity index (χ1v) is 8.56. The molecular weight excluding hydrogens is 274 g/mol. The Hall–Kier alpha value is -1.07. The standard InChI is InChI=1S/C15H25NO3S.H2/c1-12(2)11-16-8-9-19-14-6-5-7-15(10-14)20(17,18)13(3)4;/h5-7,10,12-13,16H,8-9,11H2,1-4H3;1H. The Morgan fingerprint density at radius 3 is 2.55 bits per heavy atom. The molecule has 5 heteroatoms. The minimum atomic E-state index is -3.24. The molecule has 0 fully saturated rings. The van der Waals surface area contributed by atoms with Crippen LogP contribution in [0, 0.1) is 5.92 Å². The minimum Gasteiger partial charge on any atom is -0.492 e. The highest BCUT2D eigenvalue weighted by Gasteiger charge is 2.19. The predicted molar refractivity (Wildman–Crippen MR) is 84.1 cm³/mol. The molecule has 1 aromatic rings. The number of rotatable bonds is 8. The van der Waals surface area contributed by atoms with Gasteiger partial charge in [-0.25, -0.2) is 8.42 Å². The number of hydrogen-bond acceptors (Lipinski definition) is 4. The van der Waals surface area contributed by atoms with Gasteiger partial charge in [-0.15, -0.1) is 0 Å². The Kier molecular flexibility index (Phi) is 6.49. The van der Waals surface area contributed by atoms with Crippen molar-refractivity contribution in [2.24, 2.45) is 5.92 Å². The summed E-state index contributed by atoms with van der Waals surface area (Å²) >= 11 is 0. The van der Waals surface area contributed by atoms with Gasteiger partial charge in [-0.1, -0.05) is 19.9 Å². The number of sulfone groups is 1. The summed E-state index contributed by atoms with van der Waals surface area (Å²) in [6, 6.07) is 6.70. The third kappa shape index (κ3) is 5.13. The molecule has 0 aliphatic heterocycles. The lowest BCUT2D eigenvalue weighted by Gasteiger charge is -2.11. The van der Waals surface area contributed by atoms with E-state index in [1.165, 1.54) is 0 Å². The maximum absolute atomic E-state index is 12.1. The summed E-state index contributed by atoms with van der Waals surface area (Å²) in [5.41, 5.74) is 0. The average molecular weight is 301 g/mol. The SMILES string of the molecule is CC(C)CNCCOc1cccc(S(=O)(=O)C(C)C)c1.[HH]. The second-order valence-corrected chi connectivity index (χ2v) is 8.02. The second-order valence-electron chi connectivity index (χ2n) is 5.52. The van der Waals surface area contributed by atoms with Crippen molar-refractivity contribution in [1.29, 1.82) is 0 Å². The summed E-state index contributed by atoms with van der Waals surface area (Å²) < 4.78 is 29.7. The molecule has 116 valence electrons. The molecule has 0 bridgehead atoms. The molecule has 0 unspecified atom stereocenters. The van der Waals surface area contributed by atoms with Crippen LogP contribution in [0.3, 0.4) is 0 Å². The van der Waals surface area contributed by atoms with Gasteiger partial charge in [-0.2, -0.15) is 0 Å². The second kappa shape index (κ2) is 7.64. The van der Waals surface area contributed by atoms with Crippen molar-refractivity contribution in [1.82, 2.24) is 5.32 Å². The molecule has 0 atom stereocenters. The van der Waals surface area contributed by atoms with Crippen molar-refractivity contribution < 1.29 is 14.6 Å². The average Bonchev–Trinajstić information content (AvgIpc) is 2.38. The van der Waals surface area contributed by atoms with Crippen molar-refractivity contribution in [2.45, 2.75) is 37.8 Å². The number of nitrogens with one attached hydrogen (secondary N) is 1. The molecule has 20 heavy (non-hydrogen) atoms. The minimum absolute atomic E-state index is 0. The molecule has 0 aliphatic carbocycles. The summed E-state index contributed by atoms with van der Waals surface area (Å²) in [4.78, 5) is 0.320. The largest absolute Gasteiger partial charge is 0.492 e. The van der Waals surface area contributed by atoms with Crippen LogP contribution >= 0.6 is 0 Å². The molecule has 0 saturated heterocycles. The highest BCUT2D eigenvalue weighted by Crippen LogP contribution is 2.21. The third-order valence-electron chi connectivity index (χ3n) is 2.85. The zero-order chi connectivity index (χ0) is 15.2. The van der Waals surface area contributed by atoms with Crippen LogP contribution in [0.15, 0.2) is 29.2 Å². The Morgan fingerprint density at radius 1 is 1.25 bits per heavy atom. The normalized spacial score (nSPS) is 12.1. The zero-order valence-electron chi connectivity index (χ0n) is 12.7. The van der Waals surface area contributed by atoms with Crippen LogP contribution in [0.5, 0.6) is 5.75 Å². The molecule has 0 aromatic heterocycles. The van der Waals surface area contributed by atoms with Crippen molar-refractivity contribution >= 4 is 9.84 Å². The first-order chi connectivity index (χ1) is 9.34. The predicted octanol–water partition coefficient (Wildman–Crippen LogP) is 2.74. The highest BCUT2D eigenvalue weighted by molar-refractivity contribution is 7.92. The summed E-state index contributed by atoms with van der Waals surface area (Å²) in [5, 5.41) is 2.85. The first kappa shape index (κ1) is 17.0. The van der Waals surface area contributed by atoms with Crippen LogP contribution in [-0.4, -0.2) is 33.4 Å². The van der Waals surface area contributed by atoms with E-state index in [4.69, 9.17) is 4.74 Å². The topological polar surface area (TPSA) is 55.4 Å². The van der Waals surface area contributed by atoms with E-state index in [-0.39, 0.29) is 1.43 Å². The van der Waals surface area contributed by atoms with E-state index in [1.54, 1.807) is 38.1 Å². The fourth-order valence-electron chi connectivity index (χ4n) is 1.64. The van der Waals surface area contributed by atoms with Crippen LogP contribution in [0.1, 0.15) is 29.1 Å². The van der Waals surface area contributed by atoms with E-state index in [0.29, 0.717) is 23.2 Å². The quantitative estimate of drug-likeness (QED) is 0.750. The van der Waals surface area contributed by atoms with Gasteiger partial charge in [-0.3, -0.25) is 0 Å². The van der Waals surface area contributed by atoms with Gasteiger partial charge in [0.1, 0.15) is 12.4 Å². The van der Waals surface area contributed by atoms with Crippen molar-refractivity contribution in [2.75, 3.05) is 19.7 Å². The molecule has 1 aromatic carbocycles. The van der Waals surface area contributed by atoms with Gasteiger partial charge >= 0.3 is 0 Å². The van der Waals surface area contributed by atoms with Gasteiger partial charge in [0.2, 0.25) is 0 Å². The number of ether oxygens (including phenoxy) is 1. The Morgan fingerprint density at radius 2 is 1.95 bits per heavy atom. The van der Waals surface area contributed by atoms with Crippen LogP contribution in [-0.2, 0) is 9.84 Å². The lowest BCUT2D eigenvalue weighted by atomic mass is 10.2. The van der Waals surface area contributed by atoms with E-state index in [0.717, 1.165) is 13.1 Å². The number of hydrogen-bond donors (Lipinski definition) is 1. The third-order valence-corrected chi connectivity index (χ3v) is 5.01. The number of benzene rings is 1. The van der Waals surface area contributed by atoms with Gasteiger partial charge in [-0.05, 0) is 44.5 Å². The van der Waals surface area contributed by atoms with Gasteiger partial charge in [0.05, 0.1) is 10.1 Å². The summed E-state index contributed by atoms with van der Waals surface area (Å²) in [5.74, 6) is 1.20. The summed E-state index contributed by atoms with van der Waals surface area (Å²) in [6.45, 7) is 9.88. The van der Waals surface area contributed by atoms with Crippen LogP contribution < -0.4 is 10.1 Å². The van der Waals surface area contributed by atoms with E-state index in [2.05, 4.69) is 19.2 Å². The molecule has 0 amide bonds. The van der Waals surface area contributed by atoms with E-state index in [9.17, 15) is 8.42 Å². The molecule has 0 heterocycles. The molecule has 0 aliphatic rings. The van der Waals surface area contributed by atoms with Crippen molar-refractivity contribution in [3.63, 3.8) is 0 Å². The monoisotopic (exact) mass is 301 g/mol. The molecule has 4 nitrogen and oxygen atoms in total. The van der Waals surface area contributed by atoms with Gasteiger partial charge in [0.25, 0.3) is 0 Å². The smallest absolute Gasteiger partial charge is 0.180 e. The van der Waals surface area contributed by atoms with Crippen LogP contribution in [0.4, 0.5) is 0 Å². The molecular formula is C15H27NO3S. The van der Waals surface area contributed by atoms with E-state index >= 15 is 0 Å². The van der Waals surface area contributed by atoms with Gasteiger partial charge in [0, 0.05) is 7.97 Å². The Labute approximate surface area is 123 Å². The fraction of sp³-hybridized carbons (Fsp3) is 0.600. The van der Waals surface area contributed by atoms with E-state index < -0.39 is 15.1 Å². The maximum atomic E-state index is 12.1. The Balaban J connectivity index is 0.00000400. The molecule has 1 rings (SSSR count). The summed E-state index contributed by atoms with van der Waals surface area (Å²) in [7, 11) is -3.24. The van der Waals surface area contributed by atoms with Gasteiger partial charge < -0.3 is 10.1 Å². The van der Waals surface area contributed by atoms with Crippen LogP contribution in [0.2, 0.25) is 0 Å². The fourth-order valence-corrected chi connectivity index (χ4v) is 2.74. The van der Waals surface area contributed by atoms with Crippen molar-refractivity contribution in [3.05, 3.63) is 24.3 Å². The summed E-state index contributed by atoms with van der Waals surface area (Å²) in [6.07, 6.45) is 0. The van der Waals surface area contributed by atoms with E-state index in [1.807, 2.05) is 0 Å².